The molecule has 0 heterocycles. The quantitative estimate of drug-likeness (QED) is 0.395. The first kappa shape index (κ1) is 19.5. The number of rotatable bonds is 4. The summed E-state index contributed by atoms with van der Waals surface area (Å²) in [5.41, 5.74) is 2.14. The third-order valence-corrected chi connectivity index (χ3v) is 7.58. The number of aldehydes is 1. The summed E-state index contributed by atoms with van der Waals surface area (Å²) in [6.07, 6.45) is 3.46. The second kappa shape index (κ2) is 6.93. The van der Waals surface area contributed by atoms with Crippen molar-refractivity contribution in [3.8, 4) is 5.75 Å². The van der Waals surface area contributed by atoms with Crippen molar-refractivity contribution >= 4 is 6.29 Å². The summed E-state index contributed by atoms with van der Waals surface area (Å²) in [5.74, 6) is 0.858. The summed E-state index contributed by atoms with van der Waals surface area (Å²) in [7, 11) is 0. The fourth-order valence-electron chi connectivity index (χ4n) is 6.24. The molecule has 1 aromatic carbocycles. The first-order chi connectivity index (χ1) is 13.3. The molecule has 0 aromatic heterocycles. The molecule has 1 fully saturated rings. The Kier molecular flexibility index (Phi) is 4.83. The zero-order chi connectivity index (χ0) is 20.1. The number of carbonyl (C=O) groups excluding carboxylic acids is 1. The van der Waals surface area contributed by atoms with Crippen LogP contribution in [0.2, 0.25) is 0 Å². The van der Waals surface area contributed by atoms with Crippen molar-refractivity contribution in [1.29, 1.82) is 0 Å². The van der Waals surface area contributed by atoms with Crippen LogP contribution in [0, 0.1) is 17.3 Å². The topological polar surface area (TPSA) is 37.3 Å². The lowest BCUT2D eigenvalue weighted by Crippen LogP contribution is -2.43. The van der Waals surface area contributed by atoms with Crippen molar-refractivity contribution in [2.45, 2.75) is 70.4 Å². The largest absolute Gasteiger partial charge is 0.508 e. The third-order valence-electron chi connectivity index (χ3n) is 7.58. The number of fused-ring (bicyclic) bond motifs is 5. The van der Waals surface area contributed by atoms with Gasteiger partial charge in [-0.25, -0.2) is 0 Å². The van der Waals surface area contributed by atoms with Gasteiger partial charge >= 0.3 is 6.18 Å². The number of halogens is 3. The van der Waals surface area contributed by atoms with Crippen LogP contribution < -0.4 is 0 Å². The number of allylic oxidation sites excluding steroid dienone is 2. The van der Waals surface area contributed by atoms with E-state index in [1.54, 1.807) is 0 Å². The molecule has 4 atom stereocenters. The molecular formula is C23H27F3O2. The third kappa shape index (κ3) is 3.07. The number of aryl methyl sites for hydroxylation is 2. The summed E-state index contributed by atoms with van der Waals surface area (Å²) < 4.78 is 40.7. The SMILES string of the molecule is C[C@]12CCC3c4cc(CCCC=O)c(O)cc4CCC3C1CC=C2C(F)(F)F. The molecule has 3 aliphatic carbocycles. The molecule has 2 nitrogen and oxygen atoms in total. The predicted molar refractivity (Wildman–Crippen MR) is 101 cm³/mol. The average molecular weight is 392 g/mol. The molecule has 0 radical (unpaired) electrons. The first-order valence-corrected chi connectivity index (χ1v) is 10.3. The zero-order valence-corrected chi connectivity index (χ0v) is 16.2. The molecule has 4 rings (SSSR count). The lowest BCUT2D eigenvalue weighted by atomic mass is 9.54. The van der Waals surface area contributed by atoms with Crippen LogP contribution >= 0.6 is 0 Å². The number of benzene rings is 1. The van der Waals surface area contributed by atoms with E-state index in [-0.39, 0.29) is 29.1 Å². The Balaban J connectivity index is 1.62. The van der Waals surface area contributed by atoms with Crippen LogP contribution in [0.5, 0.6) is 5.75 Å². The van der Waals surface area contributed by atoms with Gasteiger partial charge in [-0.2, -0.15) is 13.2 Å². The van der Waals surface area contributed by atoms with Gasteiger partial charge in [-0.3, -0.25) is 0 Å². The van der Waals surface area contributed by atoms with E-state index in [2.05, 4.69) is 6.07 Å². The number of aromatic hydroxyl groups is 1. The molecule has 0 amide bonds. The molecule has 28 heavy (non-hydrogen) atoms. The van der Waals surface area contributed by atoms with Gasteiger partial charge in [0.05, 0.1) is 0 Å². The minimum atomic E-state index is -4.24. The van der Waals surface area contributed by atoms with E-state index in [9.17, 15) is 23.1 Å². The molecule has 0 bridgehead atoms. The van der Waals surface area contributed by atoms with E-state index in [1.807, 2.05) is 13.0 Å². The zero-order valence-electron chi connectivity index (χ0n) is 16.2. The Morgan fingerprint density at radius 3 is 2.79 bits per heavy atom. The van der Waals surface area contributed by atoms with Gasteiger partial charge < -0.3 is 9.90 Å². The van der Waals surface area contributed by atoms with Gasteiger partial charge in [-0.1, -0.05) is 19.1 Å². The molecule has 3 aliphatic rings. The Morgan fingerprint density at radius 2 is 2.07 bits per heavy atom. The number of hydrogen-bond acceptors (Lipinski definition) is 2. The van der Waals surface area contributed by atoms with E-state index in [0.717, 1.165) is 36.7 Å². The van der Waals surface area contributed by atoms with Crippen LogP contribution in [0.3, 0.4) is 0 Å². The lowest BCUT2D eigenvalue weighted by Gasteiger charge is -2.50. The van der Waals surface area contributed by atoms with Gasteiger partial charge in [-0.05, 0) is 85.5 Å². The standard InChI is InChI=1S/C23H27F3O2/c1-22-10-9-16-17(19(22)7-8-21(22)23(24,25)26)6-5-14-13-20(28)15(12-18(14)16)4-2-3-11-27/h8,11-13,16-17,19,28H,2-7,9-10H2,1H3/t16?,17?,19?,22-/m0/s1. The number of unbranched alkanes of at least 4 members (excludes halogenated alkanes) is 1. The monoisotopic (exact) mass is 392 g/mol. The number of phenols is 1. The smallest absolute Gasteiger partial charge is 0.412 e. The van der Waals surface area contributed by atoms with Gasteiger partial charge in [0.2, 0.25) is 0 Å². The molecule has 1 N–H and O–H groups in total. The Bertz CT molecular complexity index is 811. The number of alkyl halides is 3. The fraction of sp³-hybridized carbons (Fsp3) is 0.609. The van der Waals surface area contributed by atoms with Crippen LogP contribution in [0.4, 0.5) is 13.2 Å². The normalized spacial score (nSPS) is 31.6. The minimum absolute atomic E-state index is 0.0448. The first-order valence-electron chi connectivity index (χ1n) is 10.3. The van der Waals surface area contributed by atoms with Crippen molar-refractivity contribution in [2.75, 3.05) is 0 Å². The molecule has 1 aromatic rings. The average Bonchev–Trinajstić information content (AvgIpc) is 2.99. The Labute approximate surface area is 163 Å². The summed E-state index contributed by atoms with van der Waals surface area (Å²) in [6.45, 7) is 1.82. The minimum Gasteiger partial charge on any atom is -0.508 e. The maximum absolute atomic E-state index is 13.6. The highest BCUT2D eigenvalue weighted by Gasteiger charge is 2.57. The van der Waals surface area contributed by atoms with Crippen molar-refractivity contribution in [3.63, 3.8) is 0 Å². The summed E-state index contributed by atoms with van der Waals surface area (Å²) in [4.78, 5) is 10.6. The molecule has 0 aliphatic heterocycles. The second-order valence-corrected chi connectivity index (χ2v) is 8.96. The van der Waals surface area contributed by atoms with E-state index < -0.39 is 11.6 Å². The highest BCUT2D eigenvalue weighted by molar-refractivity contribution is 5.50. The summed E-state index contributed by atoms with van der Waals surface area (Å²) in [5, 5.41) is 10.4. The highest BCUT2D eigenvalue weighted by atomic mass is 19.4. The number of carbonyl (C=O) groups is 1. The van der Waals surface area contributed by atoms with Gasteiger partial charge in [0.15, 0.2) is 0 Å². The molecule has 3 unspecified atom stereocenters. The predicted octanol–water partition coefficient (Wildman–Crippen LogP) is 5.87. The van der Waals surface area contributed by atoms with E-state index in [4.69, 9.17) is 0 Å². The molecule has 0 saturated heterocycles. The second-order valence-electron chi connectivity index (χ2n) is 8.96. The highest BCUT2D eigenvalue weighted by Crippen LogP contribution is 2.63. The van der Waals surface area contributed by atoms with Crippen LogP contribution in [0.25, 0.3) is 0 Å². The maximum atomic E-state index is 13.6. The van der Waals surface area contributed by atoms with E-state index in [0.29, 0.717) is 32.1 Å². The van der Waals surface area contributed by atoms with Gasteiger partial charge in [-0.15, -0.1) is 0 Å². The molecule has 152 valence electrons. The van der Waals surface area contributed by atoms with Crippen molar-refractivity contribution < 1.29 is 23.1 Å². The van der Waals surface area contributed by atoms with Crippen LogP contribution in [0.15, 0.2) is 23.8 Å². The van der Waals surface area contributed by atoms with Gasteiger partial charge in [0, 0.05) is 17.4 Å². The summed E-state index contributed by atoms with van der Waals surface area (Å²) >= 11 is 0. The lowest BCUT2D eigenvalue weighted by molar-refractivity contribution is -0.114. The van der Waals surface area contributed by atoms with Crippen molar-refractivity contribution in [3.05, 3.63) is 40.5 Å². The Morgan fingerprint density at radius 1 is 1.29 bits per heavy atom. The van der Waals surface area contributed by atoms with E-state index >= 15 is 0 Å². The van der Waals surface area contributed by atoms with Crippen LogP contribution in [-0.4, -0.2) is 17.6 Å². The Hall–Kier alpha value is -1.78. The fourth-order valence-corrected chi connectivity index (χ4v) is 6.24. The molecule has 5 heteroatoms. The molecular weight excluding hydrogens is 365 g/mol. The maximum Gasteiger partial charge on any atom is 0.412 e. The summed E-state index contributed by atoms with van der Waals surface area (Å²) in [6, 6.07) is 3.92. The number of hydrogen-bond donors (Lipinski definition) is 1. The van der Waals surface area contributed by atoms with Gasteiger partial charge in [0.25, 0.3) is 0 Å². The molecule has 0 spiro atoms. The van der Waals surface area contributed by atoms with Crippen LogP contribution in [0.1, 0.15) is 68.1 Å². The van der Waals surface area contributed by atoms with Crippen LogP contribution in [-0.2, 0) is 17.6 Å². The van der Waals surface area contributed by atoms with Gasteiger partial charge in [0.1, 0.15) is 12.0 Å². The molecule has 1 saturated carbocycles. The van der Waals surface area contributed by atoms with E-state index in [1.165, 1.54) is 11.6 Å². The number of phenolic OH excluding ortho intramolecular Hbond substituents is 1. The van der Waals surface area contributed by atoms with Crippen molar-refractivity contribution in [1.82, 2.24) is 0 Å². The van der Waals surface area contributed by atoms with Crippen molar-refractivity contribution in [2.24, 2.45) is 17.3 Å².